The maximum Gasteiger partial charge on any atom is 0.264 e. The standard InChI is InChI=1S/C27H28Cl2FN3O4S/c1-4-31-27(35)19(3)32(16-20-7-14-24(28)25(29)15-20)26(34)17-33(22-10-8-21(30)9-11-22)38(36,37)23-12-5-18(2)6-13-23/h5-15,19H,4,16-17H2,1-3H3,(H,31,35)/t19-/m1/s1. The van der Waals surface area contributed by atoms with Gasteiger partial charge in [-0.1, -0.05) is 47.0 Å². The Hall–Kier alpha value is -3.14. The molecule has 2 amide bonds. The summed E-state index contributed by atoms with van der Waals surface area (Å²) in [5, 5.41) is 3.29. The van der Waals surface area contributed by atoms with Gasteiger partial charge in [-0.25, -0.2) is 12.8 Å². The summed E-state index contributed by atoms with van der Waals surface area (Å²) in [5.41, 5.74) is 1.55. The van der Waals surface area contributed by atoms with E-state index in [1.54, 1.807) is 44.2 Å². The van der Waals surface area contributed by atoms with E-state index >= 15 is 0 Å². The fourth-order valence-electron chi connectivity index (χ4n) is 3.71. The van der Waals surface area contributed by atoms with E-state index < -0.39 is 40.2 Å². The normalized spacial score (nSPS) is 12.1. The van der Waals surface area contributed by atoms with Gasteiger partial charge in [0.2, 0.25) is 11.8 Å². The van der Waals surface area contributed by atoms with E-state index in [0.29, 0.717) is 17.1 Å². The maximum absolute atomic E-state index is 13.7. The Morgan fingerprint density at radius 1 is 0.974 bits per heavy atom. The van der Waals surface area contributed by atoms with Crippen LogP contribution in [0.3, 0.4) is 0 Å². The lowest BCUT2D eigenvalue weighted by molar-refractivity contribution is -0.139. The number of rotatable bonds is 10. The van der Waals surface area contributed by atoms with E-state index in [0.717, 1.165) is 22.0 Å². The van der Waals surface area contributed by atoms with Crippen LogP contribution in [-0.2, 0) is 26.2 Å². The molecule has 0 saturated heterocycles. The molecule has 0 unspecified atom stereocenters. The molecule has 0 saturated carbocycles. The van der Waals surface area contributed by atoms with Crippen molar-refractivity contribution in [3.63, 3.8) is 0 Å². The first-order chi connectivity index (χ1) is 17.9. The van der Waals surface area contributed by atoms with Crippen LogP contribution in [0.25, 0.3) is 0 Å². The van der Waals surface area contributed by atoms with Gasteiger partial charge < -0.3 is 10.2 Å². The molecule has 202 valence electrons. The van der Waals surface area contributed by atoms with Crippen molar-refractivity contribution in [1.29, 1.82) is 0 Å². The molecule has 3 rings (SSSR count). The molecule has 38 heavy (non-hydrogen) atoms. The van der Waals surface area contributed by atoms with Gasteiger partial charge in [0.25, 0.3) is 10.0 Å². The zero-order chi connectivity index (χ0) is 28.0. The van der Waals surface area contributed by atoms with Crippen molar-refractivity contribution in [1.82, 2.24) is 10.2 Å². The van der Waals surface area contributed by atoms with Crippen LogP contribution in [0, 0.1) is 12.7 Å². The Kier molecular flexibility index (Phi) is 9.76. The first-order valence-corrected chi connectivity index (χ1v) is 14.0. The molecule has 0 spiro atoms. The van der Waals surface area contributed by atoms with Crippen molar-refractivity contribution in [2.24, 2.45) is 0 Å². The number of amides is 2. The fourth-order valence-corrected chi connectivity index (χ4v) is 5.45. The van der Waals surface area contributed by atoms with Crippen LogP contribution in [0.1, 0.15) is 25.0 Å². The van der Waals surface area contributed by atoms with Gasteiger partial charge in [0.1, 0.15) is 18.4 Å². The second kappa shape index (κ2) is 12.6. The molecule has 0 aromatic heterocycles. The number of anilines is 1. The molecule has 11 heteroatoms. The Morgan fingerprint density at radius 3 is 2.18 bits per heavy atom. The zero-order valence-electron chi connectivity index (χ0n) is 21.1. The van der Waals surface area contributed by atoms with Crippen LogP contribution in [0.2, 0.25) is 10.0 Å². The second-order valence-electron chi connectivity index (χ2n) is 8.64. The van der Waals surface area contributed by atoms with Gasteiger partial charge in [0.15, 0.2) is 0 Å². The molecule has 3 aromatic rings. The fraction of sp³-hybridized carbons (Fsp3) is 0.259. The quantitative estimate of drug-likeness (QED) is 0.358. The summed E-state index contributed by atoms with van der Waals surface area (Å²) < 4.78 is 41.9. The van der Waals surface area contributed by atoms with Crippen LogP contribution >= 0.6 is 23.2 Å². The van der Waals surface area contributed by atoms with Gasteiger partial charge in [-0.05, 0) is 74.9 Å². The molecule has 0 aliphatic rings. The summed E-state index contributed by atoms with van der Waals surface area (Å²) in [4.78, 5) is 27.7. The lowest BCUT2D eigenvalue weighted by Gasteiger charge is -2.32. The predicted octanol–water partition coefficient (Wildman–Crippen LogP) is 5.19. The van der Waals surface area contributed by atoms with Gasteiger partial charge in [-0.3, -0.25) is 13.9 Å². The Morgan fingerprint density at radius 2 is 1.61 bits per heavy atom. The third kappa shape index (κ3) is 7.03. The number of carbonyl (C=O) groups excluding carboxylic acids is 2. The average molecular weight is 581 g/mol. The molecule has 1 N–H and O–H groups in total. The van der Waals surface area contributed by atoms with Crippen LogP contribution in [0.5, 0.6) is 0 Å². The zero-order valence-corrected chi connectivity index (χ0v) is 23.4. The smallest absolute Gasteiger partial charge is 0.264 e. The number of likely N-dealkylation sites (N-methyl/N-ethyl adjacent to an activating group) is 1. The molecular weight excluding hydrogens is 552 g/mol. The minimum absolute atomic E-state index is 0.0319. The first-order valence-electron chi connectivity index (χ1n) is 11.8. The minimum atomic E-state index is -4.23. The molecular formula is C27H28Cl2FN3O4S. The van der Waals surface area contributed by atoms with Crippen molar-refractivity contribution in [2.45, 2.75) is 38.3 Å². The summed E-state index contributed by atoms with van der Waals surface area (Å²) in [6, 6.07) is 14.8. The number of hydrogen-bond donors (Lipinski definition) is 1. The summed E-state index contributed by atoms with van der Waals surface area (Å²) in [6.07, 6.45) is 0. The van der Waals surface area contributed by atoms with Gasteiger partial charge >= 0.3 is 0 Å². The molecule has 1 atom stereocenters. The Bertz CT molecular complexity index is 1400. The number of halogens is 3. The van der Waals surface area contributed by atoms with Gasteiger partial charge in [-0.15, -0.1) is 0 Å². The molecule has 0 bridgehead atoms. The summed E-state index contributed by atoms with van der Waals surface area (Å²) >= 11 is 12.2. The van der Waals surface area contributed by atoms with Crippen LogP contribution in [0.4, 0.5) is 10.1 Å². The summed E-state index contributed by atoms with van der Waals surface area (Å²) in [5.74, 6) is -1.61. The Balaban J connectivity index is 2.03. The number of carbonyl (C=O) groups is 2. The van der Waals surface area contributed by atoms with E-state index in [4.69, 9.17) is 23.2 Å². The number of nitrogens with one attached hydrogen (secondary N) is 1. The highest BCUT2D eigenvalue weighted by Crippen LogP contribution is 2.26. The van der Waals surface area contributed by atoms with Gasteiger partial charge in [0, 0.05) is 13.1 Å². The molecule has 0 aliphatic heterocycles. The molecule has 7 nitrogen and oxygen atoms in total. The highest BCUT2D eigenvalue weighted by atomic mass is 35.5. The van der Waals surface area contributed by atoms with E-state index in [1.165, 1.54) is 29.2 Å². The molecule has 3 aromatic carbocycles. The lowest BCUT2D eigenvalue weighted by Crippen LogP contribution is -2.51. The molecule has 0 aliphatic carbocycles. The van der Waals surface area contributed by atoms with E-state index in [9.17, 15) is 22.4 Å². The van der Waals surface area contributed by atoms with E-state index in [-0.39, 0.29) is 22.2 Å². The highest BCUT2D eigenvalue weighted by Gasteiger charge is 2.32. The first kappa shape index (κ1) is 29.4. The number of benzene rings is 3. The third-order valence-corrected chi connectivity index (χ3v) is 8.38. The van der Waals surface area contributed by atoms with Crippen molar-refractivity contribution in [3.8, 4) is 0 Å². The third-order valence-electron chi connectivity index (χ3n) is 5.86. The molecule has 0 fully saturated rings. The van der Waals surface area contributed by atoms with E-state index in [1.807, 2.05) is 6.92 Å². The summed E-state index contributed by atoms with van der Waals surface area (Å²) in [6.45, 7) is 4.81. The van der Waals surface area contributed by atoms with Crippen molar-refractivity contribution >= 4 is 50.7 Å². The van der Waals surface area contributed by atoms with Crippen LogP contribution < -0.4 is 9.62 Å². The van der Waals surface area contributed by atoms with Crippen LogP contribution in [-0.4, -0.2) is 44.3 Å². The number of nitrogens with zero attached hydrogens (tertiary/aromatic N) is 2. The summed E-state index contributed by atoms with van der Waals surface area (Å²) in [7, 11) is -4.23. The topological polar surface area (TPSA) is 86.8 Å². The lowest BCUT2D eigenvalue weighted by atomic mass is 10.1. The number of hydrogen-bond acceptors (Lipinski definition) is 4. The second-order valence-corrected chi connectivity index (χ2v) is 11.3. The van der Waals surface area contributed by atoms with Crippen molar-refractivity contribution in [3.05, 3.63) is 93.7 Å². The highest BCUT2D eigenvalue weighted by molar-refractivity contribution is 7.92. The van der Waals surface area contributed by atoms with Gasteiger partial charge in [-0.2, -0.15) is 0 Å². The Labute approximate surface area is 232 Å². The van der Waals surface area contributed by atoms with Crippen LogP contribution in [0.15, 0.2) is 71.6 Å². The largest absolute Gasteiger partial charge is 0.355 e. The van der Waals surface area contributed by atoms with Gasteiger partial charge in [0.05, 0.1) is 20.6 Å². The number of aryl methyl sites for hydroxylation is 1. The van der Waals surface area contributed by atoms with Crippen molar-refractivity contribution in [2.75, 3.05) is 17.4 Å². The minimum Gasteiger partial charge on any atom is -0.355 e. The van der Waals surface area contributed by atoms with E-state index in [2.05, 4.69) is 5.32 Å². The molecule has 0 heterocycles. The average Bonchev–Trinajstić information content (AvgIpc) is 2.88. The molecule has 0 radical (unpaired) electrons. The monoisotopic (exact) mass is 579 g/mol. The predicted molar refractivity (Wildman–Crippen MR) is 147 cm³/mol. The maximum atomic E-state index is 13.7. The van der Waals surface area contributed by atoms with Crippen molar-refractivity contribution < 1.29 is 22.4 Å². The number of sulfonamides is 1. The SMILES string of the molecule is CCNC(=O)[C@@H](C)N(Cc1ccc(Cl)c(Cl)c1)C(=O)CN(c1ccc(F)cc1)S(=O)(=O)c1ccc(C)cc1.